The van der Waals surface area contributed by atoms with E-state index in [1.54, 1.807) is 18.5 Å². The average molecular weight is 755 g/mol. The largest absolute Gasteiger partial charge is 0.361 e. The quantitative estimate of drug-likeness (QED) is 0.0835. The maximum absolute atomic E-state index is 12.8. The van der Waals surface area contributed by atoms with E-state index in [2.05, 4.69) is 102 Å². The van der Waals surface area contributed by atoms with E-state index in [0.717, 1.165) is 72.0 Å². The first-order valence-electron chi connectivity index (χ1n) is 20.0. The van der Waals surface area contributed by atoms with Crippen LogP contribution in [0.15, 0.2) is 36.7 Å². The first kappa shape index (κ1) is 44.9. The number of nitrogens with zero attached hydrogens (tertiary/aromatic N) is 4. The van der Waals surface area contributed by atoms with Crippen molar-refractivity contribution < 1.29 is 9.59 Å². The minimum absolute atomic E-state index is 0.116. The molecule has 0 atom stereocenters. The standard InChI is InChI=1S/C38H70N14O2/c1-6-40-28-38(50-34-14-12-32(24-48-34)36(54)46-20-22-52(9-4)10-5)29-43-17-15-41-26-37(25-39,27-42-16-18-44-30-38)49-33-13-11-31(23-47-33)35(53)45-19-21-51(7-2)8-3/h11-14,23-24,40-44H,6-10,15-22,25-30,39H2,1-5H3,(H,45,53)(H,46,54)(H,47,49)(H,48,50). The molecule has 54 heavy (non-hydrogen) atoms. The Bertz CT molecular complexity index is 1310. The van der Waals surface area contributed by atoms with E-state index in [1.807, 2.05) is 18.2 Å². The van der Waals surface area contributed by atoms with Gasteiger partial charge in [0.15, 0.2) is 0 Å². The number of hydrogen-bond donors (Lipinski definition) is 10. The van der Waals surface area contributed by atoms with Gasteiger partial charge in [0.1, 0.15) is 11.6 Å². The highest BCUT2D eigenvalue weighted by Crippen LogP contribution is 2.15. The van der Waals surface area contributed by atoms with E-state index >= 15 is 0 Å². The molecule has 3 rings (SSSR count). The highest BCUT2D eigenvalue weighted by Gasteiger charge is 2.31. The fraction of sp³-hybridized carbons (Fsp3) is 0.684. The molecule has 1 aliphatic heterocycles. The fourth-order valence-corrected chi connectivity index (χ4v) is 6.38. The van der Waals surface area contributed by atoms with Gasteiger partial charge in [0, 0.05) is 104 Å². The SMILES string of the molecule is CCNCC1(Nc2ccc(C(=O)NCCN(CC)CC)cn2)CNCCNCC(CN)(Nc2ccc(C(=O)NCCN(CC)CC)cn2)CNCCNC1. The Hall–Kier alpha value is -3.48. The number of nitrogens with two attached hydrogens (primary N) is 1. The average Bonchev–Trinajstić information content (AvgIpc) is 3.20. The van der Waals surface area contributed by atoms with Gasteiger partial charge in [-0.05, 0) is 57.0 Å². The summed E-state index contributed by atoms with van der Waals surface area (Å²) in [4.78, 5) is 39.2. The number of amides is 2. The smallest absolute Gasteiger partial charge is 0.252 e. The van der Waals surface area contributed by atoms with Crippen LogP contribution in [0.4, 0.5) is 11.6 Å². The molecule has 1 saturated heterocycles. The molecule has 1 aliphatic rings. The Morgan fingerprint density at radius 1 is 0.667 bits per heavy atom. The van der Waals surface area contributed by atoms with Crippen LogP contribution in [0, 0.1) is 0 Å². The van der Waals surface area contributed by atoms with Crippen LogP contribution in [-0.4, -0.2) is 167 Å². The van der Waals surface area contributed by atoms with E-state index in [0.29, 0.717) is 75.1 Å². The maximum atomic E-state index is 12.8. The van der Waals surface area contributed by atoms with E-state index in [1.165, 1.54) is 0 Å². The second kappa shape index (κ2) is 24.8. The molecule has 16 heteroatoms. The highest BCUT2D eigenvalue weighted by atomic mass is 16.2. The number of carbonyl (C=O) groups is 2. The first-order valence-corrected chi connectivity index (χ1v) is 20.0. The van der Waals surface area contributed by atoms with Gasteiger partial charge in [-0.25, -0.2) is 9.97 Å². The summed E-state index contributed by atoms with van der Waals surface area (Å²) < 4.78 is 0. The molecule has 0 radical (unpaired) electrons. The van der Waals surface area contributed by atoms with Crippen molar-refractivity contribution in [3.8, 4) is 0 Å². The zero-order chi connectivity index (χ0) is 39.1. The number of hydrogen-bond acceptors (Lipinski definition) is 14. The van der Waals surface area contributed by atoms with Crippen molar-refractivity contribution in [1.82, 2.24) is 57.0 Å². The summed E-state index contributed by atoms with van der Waals surface area (Å²) in [5.41, 5.74) is 6.60. The van der Waals surface area contributed by atoms with Crippen LogP contribution in [0.3, 0.4) is 0 Å². The molecule has 1 fully saturated rings. The third-order valence-corrected chi connectivity index (χ3v) is 9.97. The summed E-state index contributed by atoms with van der Waals surface area (Å²) in [5, 5.41) is 31.3. The van der Waals surface area contributed by atoms with E-state index in [9.17, 15) is 9.59 Å². The zero-order valence-corrected chi connectivity index (χ0v) is 33.6. The van der Waals surface area contributed by atoms with Gasteiger partial charge in [-0.15, -0.1) is 0 Å². The van der Waals surface area contributed by atoms with Crippen LogP contribution in [0.25, 0.3) is 0 Å². The van der Waals surface area contributed by atoms with Gasteiger partial charge < -0.3 is 63.4 Å². The van der Waals surface area contributed by atoms with Crippen molar-refractivity contribution in [1.29, 1.82) is 0 Å². The zero-order valence-electron chi connectivity index (χ0n) is 33.6. The summed E-state index contributed by atoms with van der Waals surface area (Å²) in [7, 11) is 0. The van der Waals surface area contributed by atoms with Crippen LogP contribution in [0.2, 0.25) is 0 Å². The molecule has 0 bridgehead atoms. The number of aromatic nitrogens is 2. The Labute approximate surface area is 323 Å². The summed E-state index contributed by atoms with van der Waals surface area (Å²) >= 11 is 0. The molecule has 0 aliphatic carbocycles. The minimum Gasteiger partial charge on any atom is -0.361 e. The lowest BCUT2D eigenvalue weighted by molar-refractivity contribution is 0.0940. The minimum atomic E-state index is -0.499. The third kappa shape index (κ3) is 15.3. The van der Waals surface area contributed by atoms with Crippen molar-refractivity contribution in [2.24, 2.45) is 5.73 Å². The monoisotopic (exact) mass is 755 g/mol. The number of anilines is 2. The maximum Gasteiger partial charge on any atom is 0.252 e. The Balaban J connectivity index is 1.58. The van der Waals surface area contributed by atoms with Crippen molar-refractivity contribution in [2.75, 3.05) is 135 Å². The van der Waals surface area contributed by atoms with Gasteiger partial charge in [-0.1, -0.05) is 34.6 Å². The summed E-state index contributed by atoms with van der Waals surface area (Å²) in [6.07, 6.45) is 3.25. The predicted molar refractivity (Wildman–Crippen MR) is 221 cm³/mol. The molecule has 304 valence electrons. The molecule has 0 aromatic carbocycles. The van der Waals surface area contributed by atoms with Crippen LogP contribution in [0.5, 0.6) is 0 Å². The topological polar surface area (TPSA) is 201 Å². The lowest BCUT2D eigenvalue weighted by atomic mass is 9.97. The normalized spacial score (nSPS) is 20.3. The van der Waals surface area contributed by atoms with Crippen molar-refractivity contribution in [2.45, 2.75) is 45.7 Å². The molecule has 0 unspecified atom stereocenters. The van der Waals surface area contributed by atoms with E-state index < -0.39 is 5.54 Å². The number of rotatable bonds is 20. The molecule has 2 aromatic heterocycles. The molecule has 3 heterocycles. The Morgan fingerprint density at radius 3 is 1.43 bits per heavy atom. The number of pyridine rings is 2. The van der Waals surface area contributed by atoms with Gasteiger partial charge in [0.2, 0.25) is 0 Å². The Kier molecular flexibility index (Phi) is 20.7. The first-order chi connectivity index (χ1) is 26.2. The van der Waals surface area contributed by atoms with Gasteiger partial charge >= 0.3 is 0 Å². The molecule has 0 saturated carbocycles. The summed E-state index contributed by atoms with van der Waals surface area (Å²) in [5.74, 6) is 1.13. The van der Waals surface area contributed by atoms with Gasteiger partial charge in [-0.2, -0.15) is 0 Å². The highest BCUT2D eigenvalue weighted by molar-refractivity contribution is 5.94. The molecule has 2 amide bonds. The van der Waals surface area contributed by atoms with Crippen LogP contribution < -0.4 is 53.6 Å². The number of carbonyl (C=O) groups excluding carboxylic acids is 2. The van der Waals surface area contributed by atoms with Gasteiger partial charge in [0.25, 0.3) is 11.8 Å². The van der Waals surface area contributed by atoms with Gasteiger partial charge in [-0.3, -0.25) is 9.59 Å². The van der Waals surface area contributed by atoms with Crippen LogP contribution >= 0.6 is 0 Å². The molecular weight excluding hydrogens is 685 g/mol. The van der Waals surface area contributed by atoms with Crippen molar-refractivity contribution in [3.63, 3.8) is 0 Å². The lowest BCUT2D eigenvalue weighted by Crippen LogP contribution is -2.62. The van der Waals surface area contributed by atoms with E-state index in [-0.39, 0.29) is 17.4 Å². The molecular formula is C38H70N14O2. The summed E-state index contributed by atoms with van der Waals surface area (Å²) in [6.45, 7) is 24.7. The van der Waals surface area contributed by atoms with Gasteiger partial charge in [0.05, 0.1) is 22.2 Å². The second-order valence-electron chi connectivity index (χ2n) is 13.9. The third-order valence-electron chi connectivity index (χ3n) is 9.97. The van der Waals surface area contributed by atoms with Crippen molar-refractivity contribution >= 4 is 23.5 Å². The lowest BCUT2D eigenvalue weighted by Gasteiger charge is -2.37. The van der Waals surface area contributed by atoms with Crippen LogP contribution in [-0.2, 0) is 0 Å². The summed E-state index contributed by atoms with van der Waals surface area (Å²) in [6, 6.07) is 7.35. The molecule has 0 spiro atoms. The molecule has 2 aromatic rings. The number of likely N-dealkylation sites (N-methyl/N-ethyl adjacent to an activating group) is 3. The number of nitrogens with one attached hydrogen (secondary N) is 9. The van der Waals surface area contributed by atoms with Crippen LogP contribution in [0.1, 0.15) is 55.3 Å². The molecule has 16 nitrogen and oxygen atoms in total. The predicted octanol–water partition coefficient (Wildman–Crippen LogP) is -0.438. The Morgan fingerprint density at radius 2 is 1.07 bits per heavy atom. The second-order valence-corrected chi connectivity index (χ2v) is 13.9. The van der Waals surface area contributed by atoms with E-state index in [4.69, 9.17) is 5.73 Å². The molecule has 11 N–H and O–H groups in total. The fourth-order valence-electron chi connectivity index (χ4n) is 6.38. The van der Waals surface area contributed by atoms with Crippen molar-refractivity contribution in [3.05, 3.63) is 47.8 Å².